The number of rotatable bonds is 8. The third-order valence-electron chi connectivity index (χ3n) is 7.01. The van der Waals surface area contributed by atoms with Crippen molar-refractivity contribution < 1.29 is 14.3 Å². The minimum atomic E-state index is -0.346. The van der Waals surface area contributed by atoms with Crippen molar-refractivity contribution in [2.75, 3.05) is 45.4 Å². The highest BCUT2D eigenvalue weighted by Gasteiger charge is 2.27. The van der Waals surface area contributed by atoms with E-state index in [1.165, 1.54) is 20.3 Å². The summed E-state index contributed by atoms with van der Waals surface area (Å²) in [6.07, 6.45) is 4.87. The Morgan fingerprint density at radius 3 is 2.49 bits per heavy atom. The van der Waals surface area contributed by atoms with Gasteiger partial charge in [0.2, 0.25) is 5.91 Å². The number of methoxy groups -OCH3 is 2. The van der Waals surface area contributed by atoms with Crippen molar-refractivity contribution in [1.82, 2.24) is 10.2 Å². The van der Waals surface area contributed by atoms with E-state index >= 15 is 0 Å². The first-order valence-corrected chi connectivity index (χ1v) is 13.8. The summed E-state index contributed by atoms with van der Waals surface area (Å²) in [6.45, 7) is 9.95. The summed E-state index contributed by atoms with van der Waals surface area (Å²) >= 11 is 13.5. The fourth-order valence-electron chi connectivity index (χ4n) is 4.66. The van der Waals surface area contributed by atoms with E-state index in [9.17, 15) is 4.79 Å². The number of nitrogen functional groups attached to an aromatic ring is 1. The number of anilines is 2. The Morgan fingerprint density at radius 1 is 1.22 bits per heavy atom. The lowest BCUT2D eigenvalue weighted by Crippen LogP contribution is -2.46. The molecular formula is C30H34Cl2N6O3. The van der Waals surface area contributed by atoms with Crippen molar-refractivity contribution in [2.24, 2.45) is 9.98 Å². The quantitative estimate of drug-likeness (QED) is 0.279. The number of nitrogens with one attached hydrogen (secondary N) is 2. The number of hydrogen-bond donors (Lipinski definition) is 3. The molecule has 2 aromatic carbocycles. The van der Waals surface area contributed by atoms with Gasteiger partial charge in [-0.05, 0) is 62.3 Å². The highest BCUT2D eigenvalue weighted by Crippen LogP contribution is 2.45. The minimum absolute atomic E-state index is 0.190. The maximum atomic E-state index is 11.8. The maximum Gasteiger partial charge on any atom is 0.247 e. The molecule has 0 bridgehead atoms. The van der Waals surface area contributed by atoms with E-state index in [0.29, 0.717) is 61.3 Å². The van der Waals surface area contributed by atoms with Gasteiger partial charge < -0.3 is 30.7 Å². The number of nitrogens with two attached hydrogens (primary N) is 1. The van der Waals surface area contributed by atoms with Gasteiger partial charge in [0.05, 0.1) is 47.9 Å². The number of para-hydroxylation sites is 1. The first-order chi connectivity index (χ1) is 19.7. The van der Waals surface area contributed by atoms with Crippen LogP contribution in [0, 0.1) is 0 Å². The predicted molar refractivity (Wildman–Crippen MR) is 169 cm³/mol. The van der Waals surface area contributed by atoms with Crippen LogP contribution in [0.2, 0.25) is 10.0 Å². The van der Waals surface area contributed by atoms with E-state index in [0.717, 1.165) is 31.5 Å². The summed E-state index contributed by atoms with van der Waals surface area (Å²) in [5.41, 5.74) is 10.2. The first kappa shape index (κ1) is 30.2. The fourth-order valence-corrected chi connectivity index (χ4v) is 5.36. The van der Waals surface area contributed by atoms with Gasteiger partial charge >= 0.3 is 0 Å². The lowest BCUT2D eigenvalue weighted by atomic mass is 10.00. The zero-order valence-corrected chi connectivity index (χ0v) is 24.9. The topological polar surface area (TPSA) is 114 Å². The third-order valence-corrected chi connectivity index (χ3v) is 7.76. The van der Waals surface area contributed by atoms with Crippen molar-refractivity contribution in [2.45, 2.75) is 25.4 Å². The lowest BCUT2D eigenvalue weighted by Gasteiger charge is -2.31. The standard InChI is InChI=1S/C30H34Cl2N6O3/c1-6-24(39)36-20-9-7-8-18(28(20)33)16-34-29-17(2)14-21(37-30(29)35-19-10-12-38(3)13-11-19)25-26(31)22(40-4)15-23(41-5)27(25)32/h6-9,14-15,19H,1-2,10-13,16,33H2,3-5H3,(H,35,37)(H,36,39)/b34-29-. The van der Waals surface area contributed by atoms with Gasteiger partial charge in [-0.1, -0.05) is 48.5 Å². The van der Waals surface area contributed by atoms with Crippen molar-refractivity contribution in [3.05, 3.63) is 76.3 Å². The molecule has 41 heavy (non-hydrogen) atoms. The van der Waals surface area contributed by atoms with Crippen LogP contribution in [0.5, 0.6) is 11.5 Å². The Kier molecular flexibility index (Phi) is 9.75. The molecule has 1 fully saturated rings. The highest BCUT2D eigenvalue weighted by molar-refractivity contribution is 6.50. The minimum Gasteiger partial charge on any atom is -0.495 e. The normalized spacial score (nSPS) is 17.1. The van der Waals surface area contributed by atoms with E-state index in [4.69, 9.17) is 48.4 Å². The van der Waals surface area contributed by atoms with Crippen LogP contribution in [0.3, 0.4) is 0 Å². The average Bonchev–Trinajstić information content (AvgIpc) is 2.95. The summed E-state index contributed by atoms with van der Waals surface area (Å²) in [4.78, 5) is 24.0. The number of amides is 1. The van der Waals surface area contributed by atoms with Gasteiger partial charge in [-0.15, -0.1) is 0 Å². The molecule has 0 aromatic heterocycles. The molecule has 0 atom stereocenters. The van der Waals surface area contributed by atoms with Gasteiger partial charge in [-0.2, -0.15) is 0 Å². The summed E-state index contributed by atoms with van der Waals surface area (Å²) in [7, 11) is 5.16. The molecule has 0 radical (unpaired) electrons. The predicted octanol–water partition coefficient (Wildman–Crippen LogP) is 5.35. The van der Waals surface area contributed by atoms with Crippen molar-refractivity contribution in [3.63, 3.8) is 0 Å². The van der Waals surface area contributed by atoms with Crippen LogP contribution in [-0.4, -0.2) is 62.8 Å². The fraction of sp³-hybridized carbons (Fsp3) is 0.300. The Balaban J connectivity index is 1.74. The number of allylic oxidation sites excluding steroid dienone is 1. The van der Waals surface area contributed by atoms with Gasteiger partial charge in [0.1, 0.15) is 17.2 Å². The molecular weight excluding hydrogens is 563 g/mol. The molecule has 9 nitrogen and oxygen atoms in total. The van der Waals surface area contributed by atoms with E-state index < -0.39 is 0 Å². The number of amidine groups is 1. The zero-order chi connectivity index (χ0) is 29.7. The van der Waals surface area contributed by atoms with Gasteiger partial charge in [-0.25, -0.2) is 4.99 Å². The van der Waals surface area contributed by atoms with Gasteiger partial charge in [0.25, 0.3) is 0 Å². The molecule has 2 aromatic rings. The molecule has 2 heterocycles. The average molecular weight is 598 g/mol. The molecule has 2 aliphatic heterocycles. The third kappa shape index (κ3) is 6.75. The number of ether oxygens (including phenoxy) is 2. The number of likely N-dealkylation sites (tertiary alicyclic amines) is 1. The summed E-state index contributed by atoms with van der Waals surface area (Å²) in [6, 6.07) is 7.22. The van der Waals surface area contributed by atoms with Crippen LogP contribution in [0.15, 0.2) is 65.1 Å². The van der Waals surface area contributed by atoms with E-state index in [1.54, 1.807) is 18.2 Å². The van der Waals surface area contributed by atoms with Crippen molar-refractivity contribution >= 4 is 57.7 Å². The van der Waals surface area contributed by atoms with E-state index in [2.05, 4.69) is 35.7 Å². The number of piperidine rings is 1. The first-order valence-electron chi connectivity index (χ1n) is 13.1. The molecule has 1 saturated heterocycles. The molecule has 216 valence electrons. The zero-order valence-electron chi connectivity index (χ0n) is 23.4. The molecule has 2 aliphatic rings. The highest BCUT2D eigenvalue weighted by atomic mass is 35.5. The lowest BCUT2D eigenvalue weighted by molar-refractivity contribution is -0.111. The monoisotopic (exact) mass is 596 g/mol. The second-order valence-electron chi connectivity index (χ2n) is 9.76. The number of carbonyl (C=O) groups is 1. The molecule has 4 rings (SSSR count). The molecule has 1 amide bonds. The summed E-state index contributed by atoms with van der Waals surface area (Å²) in [5.74, 6) is 1.04. The molecule has 0 saturated carbocycles. The number of benzene rings is 2. The van der Waals surface area contributed by atoms with Crippen LogP contribution in [-0.2, 0) is 11.3 Å². The Labute approximate surface area is 250 Å². The van der Waals surface area contributed by atoms with Crippen LogP contribution < -0.4 is 25.8 Å². The molecule has 11 heteroatoms. The Hall–Kier alpha value is -3.79. The van der Waals surface area contributed by atoms with Crippen molar-refractivity contribution in [3.8, 4) is 11.5 Å². The largest absolute Gasteiger partial charge is 0.495 e. The number of hydrogen-bond acceptors (Lipinski definition) is 8. The summed E-state index contributed by atoms with van der Waals surface area (Å²) < 4.78 is 10.9. The van der Waals surface area contributed by atoms with Crippen LogP contribution in [0.4, 0.5) is 11.4 Å². The van der Waals surface area contributed by atoms with Gasteiger partial charge in [0, 0.05) is 17.7 Å². The Bertz CT molecular complexity index is 1430. The summed E-state index contributed by atoms with van der Waals surface area (Å²) in [5, 5.41) is 6.94. The number of aliphatic imine (C=N–C) groups is 2. The second kappa shape index (κ2) is 13.2. The van der Waals surface area contributed by atoms with Crippen molar-refractivity contribution in [1.29, 1.82) is 0 Å². The molecule has 4 N–H and O–H groups in total. The molecule has 0 aliphatic carbocycles. The van der Waals surface area contributed by atoms with E-state index in [1.807, 2.05) is 12.1 Å². The SMILES string of the molecule is C=CC(=O)Nc1cccc(C/N=C2/C(=C)C=C(c3c(Cl)c(OC)cc(OC)c3Cl)N=C2NC2CCN(C)CC2)c1N. The smallest absolute Gasteiger partial charge is 0.247 e. The van der Waals surface area contributed by atoms with Crippen LogP contribution in [0.25, 0.3) is 5.70 Å². The Morgan fingerprint density at radius 2 is 1.88 bits per heavy atom. The van der Waals surface area contributed by atoms with Gasteiger partial charge in [0.15, 0.2) is 5.84 Å². The van der Waals surface area contributed by atoms with Gasteiger partial charge in [-0.3, -0.25) is 9.79 Å². The van der Waals surface area contributed by atoms with Crippen LogP contribution >= 0.6 is 23.2 Å². The molecule has 0 spiro atoms. The van der Waals surface area contributed by atoms with E-state index in [-0.39, 0.29) is 18.5 Å². The molecule has 0 unspecified atom stereocenters. The number of halogens is 2. The maximum absolute atomic E-state index is 11.8. The van der Waals surface area contributed by atoms with Crippen LogP contribution in [0.1, 0.15) is 24.0 Å². The second-order valence-corrected chi connectivity index (χ2v) is 10.5. The number of carbonyl (C=O) groups excluding carboxylic acids is 1. The number of nitrogens with zero attached hydrogens (tertiary/aromatic N) is 3.